The zero-order valence-corrected chi connectivity index (χ0v) is 16.3. The fraction of sp³-hybridized carbons (Fsp3) is 0.500. The van der Waals surface area contributed by atoms with Crippen LogP contribution >= 0.6 is 23.2 Å². The van der Waals surface area contributed by atoms with Crippen LogP contribution < -0.4 is 0 Å². The molecule has 0 fully saturated rings. The molecule has 4 heteroatoms. The van der Waals surface area contributed by atoms with Gasteiger partial charge in [-0.3, -0.25) is 0 Å². The quantitative estimate of drug-likeness (QED) is 0.341. The number of hydrogen-bond donors (Lipinski definition) is 0. The summed E-state index contributed by atoms with van der Waals surface area (Å²) in [6.45, 7) is 0. The van der Waals surface area contributed by atoms with Crippen LogP contribution in [0.1, 0.15) is 51.4 Å². The molecule has 2 aliphatic rings. The number of halogens is 2. The molecule has 2 rings (SSSR count). The third kappa shape index (κ3) is 12.5. The molecule has 0 nitrogen and oxygen atoms in total. The molecule has 20 heavy (non-hydrogen) atoms. The summed E-state index contributed by atoms with van der Waals surface area (Å²) in [6, 6.07) is 0. The molecule has 0 amide bonds. The summed E-state index contributed by atoms with van der Waals surface area (Å²) in [5, 5.41) is 1.51. The summed E-state index contributed by atoms with van der Waals surface area (Å²) < 4.78 is 0. The van der Waals surface area contributed by atoms with E-state index in [-0.39, 0.29) is 39.0 Å². The summed E-state index contributed by atoms with van der Waals surface area (Å²) in [4.78, 5) is 0. The smallest absolute Gasteiger partial charge is 0.0547 e. The average molecular weight is 491 g/mol. The van der Waals surface area contributed by atoms with Crippen molar-refractivity contribution in [3.05, 3.63) is 46.5 Å². The molecular formula is C16H22Cl2Rh2. The fourth-order valence-corrected chi connectivity index (χ4v) is 2.19. The molecule has 2 aliphatic carbocycles. The summed E-state index contributed by atoms with van der Waals surface area (Å²) in [7, 11) is 0. The second kappa shape index (κ2) is 16.2. The van der Waals surface area contributed by atoms with Crippen molar-refractivity contribution >= 4 is 23.2 Å². The van der Waals surface area contributed by atoms with Crippen LogP contribution in [-0.2, 0) is 39.0 Å². The third-order valence-electron chi connectivity index (χ3n) is 2.92. The zero-order valence-electron chi connectivity index (χ0n) is 11.5. The van der Waals surface area contributed by atoms with Crippen molar-refractivity contribution < 1.29 is 39.0 Å². The Morgan fingerprint density at radius 1 is 0.700 bits per heavy atom. The van der Waals surface area contributed by atoms with Crippen molar-refractivity contribution in [1.29, 1.82) is 0 Å². The predicted octanol–water partition coefficient (Wildman–Crippen LogP) is 6.47. The van der Waals surface area contributed by atoms with Gasteiger partial charge in [0.1, 0.15) is 0 Å². The molecule has 0 N–H and O–H groups in total. The van der Waals surface area contributed by atoms with E-state index in [1.807, 2.05) is 6.08 Å². The minimum absolute atomic E-state index is 0. The summed E-state index contributed by atoms with van der Waals surface area (Å²) in [6.07, 6.45) is 22.4. The van der Waals surface area contributed by atoms with Gasteiger partial charge in [-0.1, -0.05) is 53.6 Å². The van der Waals surface area contributed by atoms with E-state index in [9.17, 15) is 0 Å². The normalized spacial score (nSPS) is 18.3. The van der Waals surface area contributed by atoms with Crippen molar-refractivity contribution in [2.24, 2.45) is 0 Å². The van der Waals surface area contributed by atoms with Crippen LogP contribution in [-0.4, -0.2) is 0 Å². The largest absolute Gasteiger partial charge is 0.0875 e. The Hall–Kier alpha value is 0.787. The van der Waals surface area contributed by atoms with Gasteiger partial charge in [-0.05, 0) is 57.4 Å². The van der Waals surface area contributed by atoms with Crippen LogP contribution in [0, 0.1) is 0 Å². The Morgan fingerprint density at radius 3 is 1.80 bits per heavy atom. The van der Waals surface area contributed by atoms with Crippen molar-refractivity contribution in [3.8, 4) is 0 Å². The van der Waals surface area contributed by atoms with Crippen LogP contribution in [0.25, 0.3) is 0 Å². The second-order valence-corrected chi connectivity index (χ2v) is 5.41. The number of allylic oxidation sites excluding steroid dienone is 8. The Bertz CT molecular complexity index is 330. The Morgan fingerprint density at radius 2 is 1.20 bits per heavy atom. The predicted molar refractivity (Wildman–Crippen MR) is 83.1 cm³/mol. The van der Waals surface area contributed by atoms with E-state index in [4.69, 9.17) is 23.2 Å². The molecule has 0 bridgehead atoms. The maximum Gasteiger partial charge on any atom is 0.0547 e. The van der Waals surface area contributed by atoms with E-state index in [1.54, 1.807) is 0 Å². The minimum Gasteiger partial charge on any atom is -0.0875 e. The van der Waals surface area contributed by atoms with E-state index in [2.05, 4.69) is 30.4 Å². The van der Waals surface area contributed by atoms with E-state index < -0.39 is 0 Å². The van der Waals surface area contributed by atoms with Gasteiger partial charge in [0.05, 0.1) is 5.03 Å². The summed E-state index contributed by atoms with van der Waals surface area (Å²) >= 11 is 11.6. The second-order valence-electron chi connectivity index (χ2n) is 4.54. The third-order valence-corrected chi connectivity index (χ3v) is 3.76. The van der Waals surface area contributed by atoms with E-state index in [0.29, 0.717) is 5.03 Å². The Labute approximate surface area is 159 Å². The van der Waals surface area contributed by atoms with Gasteiger partial charge in [-0.15, -0.1) is 0 Å². The van der Waals surface area contributed by atoms with E-state index >= 15 is 0 Å². The molecule has 0 saturated heterocycles. The summed E-state index contributed by atoms with van der Waals surface area (Å²) in [5.74, 6) is 0. The van der Waals surface area contributed by atoms with Gasteiger partial charge in [-0.25, -0.2) is 0 Å². The Balaban J connectivity index is 0. The molecule has 0 spiro atoms. The van der Waals surface area contributed by atoms with E-state index in [1.165, 1.54) is 32.1 Å². The first-order chi connectivity index (χ1) is 8.80. The van der Waals surface area contributed by atoms with E-state index in [0.717, 1.165) is 24.3 Å². The van der Waals surface area contributed by atoms with Crippen LogP contribution in [0.15, 0.2) is 46.5 Å². The standard InChI is InChI=1S/C8H10Cl2.C8H12.2Rh/c9-7-5-3-1-2-4-6-8(7)10;1-2-4-6-8-7-5-3-1;;/h3,5H,1-2,4,6H2;1-4H,5-8H2;;. The number of rotatable bonds is 0. The molecule has 0 aromatic heterocycles. The van der Waals surface area contributed by atoms with Crippen molar-refractivity contribution in [1.82, 2.24) is 0 Å². The summed E-state index contributed by atoms with van der Waals surface area (Å²) in [5.41, 5.74) is 0. The fourth-order valence-electron chi connectivity index (χ4n) is 1.81. The molecule has 2 radical (unpaired) electrons. The first kappa shape index (κ1) is 23.1. The topological polar surface area (TPSA) is 0 Å². The van der Waals surface area contributed by atoms with Gasteiger partial charge in [0, 0.05) is 44.0 Å². The van der Waals surface area contributed by atoms with Gasteiger partial charge < -0.3 is 0 Å². The van der Waals surface area contributed by atoms with Crippen LogP contribution in [0.5, 0.6) is 0 Å². The first-order valence-corrected chi connectivity index (χ1v) is 7.58. The molecule has 0 heterocycles. The molecular weight excluding hydrogens is 469 g/mol. The molecule has 0 aromatic carbocycles. The van der Waals surface area contributed by atoms with Gasteiger partial charge in [0.2, 0.25) is 0 Å². The Kier molecular flexibility index (Phi) is 18.6. The number of hydrogen-bond acceptors (Lipinski definition) is 0. The molecule has 0 aliphatic heterocycles. The maximum absolute atomic E-state index is 5.84. The van der Waals surface area contributed by atoms with Gasteiger partial charge in [0.25, 0.3) is 0 Å². The van der Waals surface area contributed by atoms with Gasteiger partial charge >= 0.3 is 0 Å². The maximum atomic E-state index is 5.84. The monoisotopic (exact) mass is 490 g/mol. The van der Waals surface area contributed by atoms with Crippen LogP contribution in [0.2, 0.25) is 0 Å². The van der Waals surface area contributed by atoms with Crippen molar-refractivity contribution in [3.63, 3.8) is 0 Å². The molecule has 0 saturated carbocycles. The molecule has 0 unspecified atom stereocenters. The molecule has 0 aromatic rings. The SMILES string of the molecule is C1=CCCCCC=C1.ClC1=C(Cl)CCCCC=C1.[Rh].[Rh]. The molecule has 118 valence electrons. The molecule has 0 atom stereocenters. The van der Waals surface area contributed by atoms with Crippen molar-refractivity contribution in [2.45, 2.75) is 51.4 Å². The first-order valence-electron chi connectivity index (χ1n) is 6.83. The van der Waals surface area contributed by atoms with Crippen LogP contribution in [0.3, 0.4) is 0 Å². The van der Waals surface area contributed by atoms with Gasteiger partial charge in [-0.2, -0.15) is 0 Å². The van der Waals surface area contributed by atoms with Gasteiger partial charge in [0.15, 0.2) is 0 Å². The van der Waals surface area contributed by atoms with Crippen molar-refractivity contribution in [2.75, 3.05) is 0 Å². The minimum atomic E-state index is 0. The average Bonchev–Trinajstić information content (AvgIpc) is 2.31. The van der Waals surface area contributed by atoms with Crippen LogP contribution in [0.4, 0.5) is 0 Å². The zero-order chi connectivity index (χ0) is 13.1.